The predicted molar refractivity (Wildman–Crippen MR) is 109 cm³/mol. The van der Waals surface area contributed by atoms with Gasteiger partial charge in [-0.3, -0.25) is 4.79 Å². The quantitative estimate of drug-likeness (QED) is 0.202. The molecule has 0 aliphatic heterocycles. The summed E-state index contributed by atoms with van der Waals surface area (Å²) in [6.07, 6.45) is 16.8. The molecule has 0 saturated carbocycles. The van der Waals surface area contributed by atoms with Crippen molar-refractivity contribution < 1.29 is 19.4 Å². The van der Waals surface area contributed by atoms with Crippen molar-refractivity contribution >= 4 is 5.97 Å². The number of carboxylic acids is 1. The summed E-state index contributed by atoms with van der Waals surface area (Å²) < 4.78 is 11.8. The number of methoxy groups -OCH3 is 1. The number of carboxylic acid groups (broad SMARTS) is 1. The molecule has 4 heteroatoms. The van der Waals surface area contributed by atoms with Crippen LogP contribution in [0.5, 0.6) is 0 Å². The van der Waals surface area contributed by atoms with E-state index >= 15 is 0 Å². The van der Waals surface area contributed by atoms with Crippen LogP contribution in [0.25, 0.3) is 0 Å². The van der Waals surface area contributed by atoms with Gasteiger partial charge in [0.2, 0.25) is 0 Å². The van der Waals surface area contributed by atoms with Gasteiger partial charge in [0, 0.05) is 26.4 Å². The zero-order valence-corrected chi connectivity index (χ0v) is 17.9. The highest BCUT2D eigenvalue weighted by molar-refractivity contribution is 5.66. The molecule has 0 spiro atoms. The minimum atomic E-state index is -0.755. The first-order valence-corrected chi connectivity index (χ1v) is 10.9. The van der Waals surface area contributed by atoms with E-state index in [1.165, 1.54) is 64.2 Å². The van der Waals surface area contributed by atoms with Gasteiger partial charge in [-0.25, -0.2) is 0 Å². The van der Waals surface area contributed by atoms with Crippen LogP contribution in [0.3, 0.4) is 0 Å². The van der Waals surface area contributed by atoms with Crippen LogP contribution in [0, 0.1) is 0 Å². The molecular weight excluding hydrogens is 328 g/mol. The summed E-state index contributed by atoms with van der Waals surface area (Å²) in [7, 11) is 1.68. The van der Waals surface area contributed by atoms with Crippen molar-refractivity contribution in [2.45, 2.75) is 129 Å². The van der Waals surface area contributed by atoms with Crippen LogP contribution in [0.2, 0.25) is 0 Å². The Hall–Kier alpha value is -0.610. The zero-order valence-electron chi connectivity index (χ0n) is 17.9. The lowest BCUT2D eigenvalue weighted by atomic mass is 9.99. The highest BCUT2D eigenvalue weighted by Gasteiger charge is 2.31. The van der Waals surface area contributed by atoms with Crippen LogP contribution < -0.4 is 0 Å². The van der Waals surface area contributed by atoms with Crippen LogP contribution in [-0.4, -0.2) is 30.1 Å². The molecule has 0 aromatic carbocycles. The third kappa shape index (κ3) is 14.5. The van der Waals surface area contributed by atoms with Gasteiger partial charge < -0.3 is 14.6 Å². The maximum atomic E-state index is 10.8. The molecule has 0 radical (unpaired) electrons. The number of hydrogen-bond acceptors (Lipinski definition) is 3. The molecule has 0 saturated heterocycles. The Morgan fingerprint density at radius 2 is 1.31 bits per heavy atom. The molecule has 1 N–H and O–H groups in total. The van der Waals surface area contributed by atoms with E-state index in [0.29, 0.717) is 12.8 Å². The summed E-state index contributed by atoms with van der Waals surface area (Å²) in [6, 6.07) is 0. The molecule has 0 bridgehead atoms. The largest absolute Gasteiger partial charge is 0.481 e. The van der Waals surface area contributed by atoms with E-state index in [0.717, 1.165) is 12.8 Å². The first kappa shape index (κ1) is 25.4. The molecule has 0 heterocycles. The third-order valence-electron chi connectivity index (χ3n) is 4.93. The third-order valence-corrected chi connectivity index (χ3v) is 4.93. The van der Waals surface area contributed by atoms with E-state index in [2.05, 4.69) is 6.92 Å². The Bertz CT molecular complexity index is 330. The van der Waals surface area contributed by atoms with Crippen LogP contribution in [0.15, 0.2) is 0 Å². The van der Waals surface area contributed by atoms with Crippen molar-refractivity contribution in [3.05, 3.63) is 0 Å². The molecule has 1 atom stereocenters. The van der Waals surface area contributed by atoms with E-state index in [4.69, 9.17) is 14.6 Å². The van der Waals surface area contributed by atoms with Crippen molar-refractivity contribution in [1.82, 2.24) is 0 Å². The van der Waals surface area contributed by atoms with Crippen LogP contribution in [0.4, 0.5) is 0 Å². The van der Waals surface area contributed by atoms with Crippen molar-refractivity contribution in [2.24, 2.45) is 0 Å². The van der Waals surface area contributed by atoms with Crippen LogP contribution in [-0.2, 0) is 14.3 Å². The molecule has 0 rings (SSSR count). The molecule has 0 fully saturated rings. The Morgan fingerprint density at radius 1 is 0.846 bits per heavy atom. The van der Waals surface area contributed by atoms with E-state index in [-0.39, 0.29) is 12.5 Å². The van der Waals surface area contributed by atoms with Crippen LogP contribution >= 0.6 is 0 Å². The molecule has 0 aromatic heterocycles. The fourth-order valence-electron chi connectivity index (χ4n) is 3.49. The lowest BCUT2D eigenvalue weighted by molar-refractivity contribution is -0.248. The number of rotatable bonds is 19. The topological polar surface area (TPSA) is 55.8 Å². The van der Waals surface area contributed by atoms with Gasteiger partial charge in [0.25, 0.3) is 0 Å². The second-order valence-electron chi connectivity index (χ2n) is 7.81. The Kier molecular flexibility index (Phi) is 16.2. The fourth-order valence-corrected chi connectivity index (χ4v) is 3.49. The number of aliphatic carboxylic acids is 1. The van der Waals surface area contributed by atoms with Crippen molar-refractivity contribution in [1.29, 1.82) is 0 Å². The van der Waals surface area contributed by atoms with E-state index < -0.39 is 11.8 Å². The molecule has 0 aliphatic rings. The Labute approximate surface area is 162 Å². The molecule has 0 amide bonds. The summed E-state index contributed by atoms with van der Waals surface area (Å²) >= 11 is 0. The smallest absolute Gasteiger partial charge is 0.303 e. The summed E-state index contributed by atoms with van der Waals surface area (Å²) in [4.78, 5) is 10.8. The number of ether oxygens (including phenoxy) is 2. The minimum Gasteiger partial charge on any atom is -0.481 e. The second-order valence-corrected chi connectivity index (χ2v) is 7.81. The van der Waals surface area contributed by atoms with Gasteiger partial charge >= 0.3 is 5.97 Å². The van der Waals surface area contributed by atoms with Gasteiger partial charge in [-0.1, -0.05) is 71.1 Å². The molecule has 156 valence electrons. The fraction of sp³-hybridized carbons (Fsp3) is 0.955. The zero-order chi connectivity index (χ0) is 19.7. The monoisotopic (exact) mass is 372 g/mol. The SMILES string of the molecule is CCCCCCCCCCCCCC(CCCC(=O)O)(OC)OC(C)C. The normalized spacial score (nSPS) is 13.9. The summed E-state index contributed by atoms with van der Waals surface area (Å²) in [6.45, 7) is 6.27. The predicted octanol–water partition coefficient (Wildman–Crippen LogP) is 6.71. The van der Waals surface area contributed by atoms with E-state index in [1.54, 1.807) is 7.11 Å². The van der Waals surface area contributed by atoms with Crippen molar-refractivity contribution in [2.75, 3.05) is 7.11 Å². The number of hydrogen-bond donors (Lipinski definition) is 1. The minimum absolute atomic E-state index is 0.0764. The van der Waals surface area contributed by atoms with E-state index in [9.17, 15) is 4.79 Å². The molecule has 0 aromatic rings. The van der Waals surface area contributed by atoms with Crippen molar-refractivity contribution in [3.63, 3.8) is 0 Å². The first-order chi connectivity index (χ1) is 12.5. The van der Waals surface area contributed by atoms with Crippen LogP contribution in [0.1, 0.15) is 117 Å². The highest BCUT2D eigenvalue weighted by atomic mass is 16.7. The maximum Gasteiger partial charge on any atom is 0.303 e. The molecule has 26 heavy (non-hydrogen) atoms. The highest BCUT2D eigenvalue weighted by Crippen LogP contribution is 2.29. The summed E-state index contributed by atoms with van der Waals surface area (Å²) in [5, 5.41) is 8.86. The Morgan fingerprint density at radius 3 is 1.73 bits per heavy atom. The lowest BCUT2D eigenvalue weighted by Gasteiger charge is -2.34. The lowest BCUT2D eigenvalue weighted by Crippen LogP contribution is -2.37. The summed E-state index contributed by atoms with van der Waals surface area (Å²) in [5.41, 5.74) is 0. The first-order valence-electron chi connectivity index (χ1n) is 10.9. The van der Waals surface area contributed by atoms with Crippen molar-refractivity contribution in [3.8, 4) is 0 Å². The van der Waals surface area contributed by atoms with Gasteiger partial charge in [-0.2, -0.15) is 0 Å². The Balaban J connectivity index is 3.92. The average Bonchev–Trinajstić information content (AvgIpc) is 2.58. The van der Waals surface area contributed by atoms with Gasteiger partial charge in [0.1, 0.15) is 0 Å². The van der Waals surface area contributed by atoms with E-state index in [1.807, 2.05) is 13.8 Å². The maximum absolute atomic E-state index is 10.8. The second kappa shape index (κ2) is 16.6. The molecule has 1 unspecified atom stereocenters. The van der Waals surface area contributed by atoms with Gasteiger partial charge in [-0.15, -0.1) is 0 Å². The number of carbonyl (C=O) groups is 1. The summed E-state index contributed by atoms with van der Waals surface area (Å²) in [5.74, 6) is -1.38. The standard InChI is InChI=1S/C22H44O4/c1-5-6-7-8-9-10-11-12-13-14-15-18-22(25-4,26-20(2)3)19-16-17-21(23)24/h20H,5-19H2,1-4H3,(H,23,24). The van der Waals surface area contributed by atoms with Gasteiger partial charge in [0.05, 0.1) is 6.10 Å². The average molecular weight is 373 g/mol. The molecule has 4 nitrogen and oxygen atoms in total. The molecule has 0 aliphatic carbocycles. The number of unbranched alkanes of at least 4 members (excludes halogenated alkanes) is 10. The van der Waals surface area contributed by atoms with Gasteiger partial charge in [-0.05, 0) is 26.7 Å². The molecular formula is C22H44O4. The van der Waals surface area contributed by atoms with Gasteiger partial charge in [0.15, 0.2) is 5.79 Å².